The molecule has 3 aromatic carbocycles. The standard InChI is InChI=1S/C35H44O5/c1-4-19-38-20-9-8-10-28-14-16-29(17-15-28)21-31-22-32(18-13-27(31)2)35(37-3)24-33(23-34(25-36)40-35)39-26-30-11-6-5-7-12-30/h4-7,11-18,22,33-34,36H,1,8-10,19-21,23-26H2,2-3H3/t33-,34-,35+/m0/s1. The summed E-state index contributed by atoms with van der Waals surface area (Å²) in [4.78, 5) is 0. The number of hydrogen-bond acceptors (Lipinski definition) is 5. The van der Waals surface area contributed by atoms with Gasteiger partial charge >= 0.3 is 0 Å². The second-order valence-corrected chi connectivity index (χ2v) is 10.7. The van der Waals surface area contributed by atoms with Crippen LogP contribution in [-0.4, -0.2) is 44.2 Å². The Morgan fingerprint density at radius 3 is 2.50 bits per heavy atom. The van der Waals surface area contributed by atoms with Gasteiger partial charge in [0.05, 0.1) is 32.0 Å². The molecule has 1 aliphatic heterocycles. The fourth-order valence-corrected chi connectivity index (χ4v) is 5.35. The highest BCUT2D eigenvalue weighted by Crippen LogP contribution is 2.40. The number of unbranched alkanes of at least 4 members (excludes halogenated alkanes) is 1. The summed E-state index contributed by atoms with van der Waals surface area (Å²) in [5, 5.41) is 10.0. The van der Waals surface area contributed by atoms with Gasteiger partial charge in [0.1, 0.15) is 0 Å². The average molecular weight is 545 g/mol. The summed E-state index contributed by atoms with van der Waals surface area (Å²) >= 11 is 0. The molecule has 0 aliphatic carbocycles. The lowest BCUT2D eigenvalue weighted by molar-refractivity contribution is -0.303. The SMILES string of the molecule is C=CCOCCCCc1ccc(Cc2cc([C@@]3(OC)C[C@@H](OCc4ccccc4)C[C@@H](CO)O3)ccc2C)cc1. The molecule has 0 unspecified atom stereocenters. The summed E-state index contributed by atoms with van der Waals surface area (Å²) in [5.74, 6) is -0.977. The molecule has 40 heavy (non-hydrogen) atoms. The minimum absolute atomic E-state index is 0.0801. The van der Waals surface area contributed by atoms with Gasteiger partial charge in [-0.15, -0.1) is 6.58 Å². The zero-order valence-corrected chi connectivity index (χ0v) is 24.0. The lowest BCUT2D eigenvalue weighted by Gasteiger charge is -2.43. The van der Waals surface area contributed by atoms with Crippen LogP contribution in [-0.2, 0) is 44.2 Å². The average Bonchev–Trinajstić information content (AvgIpc) is 3.00. The van der Waals surface area contributed by atoms with E-state index in [0.29, 0.717) is 26.1 Å². The van der Waals surface area contributed by atoms with E-state index in [-0.39, 0.29) is 18.8 Å². The molecule has 1 heterocycles. The van der Waals surface area contributed by atoms with E-state index < -0.39 is 5.79 Å². The van der Waals surface area contributed by atoms with Gasteiger partial charge in [-0.3, -0.25) is 0 Å². The molecular weight excluding hydrogens is 500 g/mol. The van der Waals surface area contributed by atoms with Crippen molar-refractivity contribution < 1.29 is 24.1 Å². The van der Waals surface area contributed by atoms with Crippen LogP contribution in [0.4, 0.5) is 0 Å². The van der Waals surface area contributed by atoms with E-state index in [0.717, 1.165) is 43.4 Å². The van der Waals surface area contributed by atoms with Crippen LogP contribution in [0.1, 0.15) is 59.1 Å². The second-order valence-electron chi connectivity index (χ2n) is 10.7. The van der Waals surface area contributed by atoms with Gasteiger partial charge in [0.25, 0.3) is 0 Å². The molecule has 1 aliphatic rings. The summed E-state index contributed by atoms with van der Waals surface area (Å²) in [6.45, 7) is 7.67. The molecule has 214 valence electrons. The Labute approximate surface area is 239 Å². The fourth-order valence-electron chi connectivity index (χ4n) is 5.35. The summed E-state index contributed by atoms with van der Waals surface area (Å²) in [6.07, 6.45) is 6.56. The van der Waals surface area contributed by atoms with E-state index in [1.807, 2.05) is 18.2 Å². The Bertz CT molecular complexity index is 1180. The third-order valence-electron chi connectivity index (χ3n) is 7.69. The van der Waals surface area contributed by atoms with E-state index >= 15 is 0 Å². The number of aliphatic hydroxyl groups excluding tert-OH is 1. The van der Waals surface area contributed by atoms with Gasteiger partial charge in [0.2, 0.25) is 0 Å². The van der Waals surface area contributed by atoms with E-state index in [2.05, 4.69) is 68.1 Å². The first kappa shape index (κ1) is 30.2. The van der Waals surface area contributed by atoms with Gasteiger partial charge in [-0.2, -0.15) is 0 Å². The van der Waals surface area contributed by atoms with Crippen molar-refractivity contribution >= 4 is 0 Å². The fraction of sp³-hybridized carbons (Fsp3) is 0.429. The van der Waals surface area contributed by atoms with Crippen molar-refractivity contribution in [2.45, 2.75) is 70.1 Å². The number of benzene rings is 3. The monoisotopic (exact) mass is 544 g/mol. The predicted octanol–water partition coefficient (Wildman–Crippen LogP) is 6.67. The van der Waals surface area contributed by atoms with Crippen LogP contribution < -0.4 is 0 Å². The first-order valence-electron chi connectivity index (χ1n) is 14.4. The Kier molecular flexibility index (Phi) is 11.5. The van der Waals surface area contributed by atoms with Crippen LogP contribution in [0, 0.1) is 6.92 Å². The minimum Gasteiger partial charge on any atom is -0.394 e. The molecule has 1 fully saturated rings. The first-order valence-corrected chi connectivity index (χ1v) is 14.4. The lowest BCUT2D eigenvalue weighted by atomic mass is 9.89. The highest BCUT2D eigenvalue weighted by atomic mass is 16.7. The molecular formula is C35H44O5. The highest BCUT2D eigenvalue weighted by molar-refractivity contribution is 5.38. The third kappa shape index (κ3) is 8.35. The van der Waals surface area contributed by atoms with Crippen molar-refractivity contribution in [3.05, 3.63) is 119 Å². The number of hydrogen-bond donors (Lipinski definition) is 1. The van der Waals surface area contributed by atoms with Crippen molar-refractivity contribution in [1.82, 2.24) is 0 Å². The maximum absolute atomic E-state index is 10.0. The number of aliphatic hydroxyl groups is 1. The van der Waals surface area contributed by atoms with Crippen LogP contribution in [0.2, 0.25) is 0 Å². The normalized spacial score (nSPS) is 20.9. The van der Waals surface area contributed by atoms with Gasteiger partial charge in [-0.05, 0) is 66.5 Å². The summed E-state index contributed by atoms with van der Waals surface area (Å²) in [5.41, 5.74) is 7.16. The van der Waals surface area contributed by atoms with E-state index in [9.17, 15) is 5.11 Å². The van der Waals surface area contributed by atoms with Crippen molar-refractivity contribution in [2.75, 3.05) is 26.9 Å². The van der Waals surface area contributed by atoms with Crippen LogP contribution in [0.25, 0.3) is 0 Å². The lowest BCUT2D eigenvalue weighted by Crippen LogP contribution is -2.47. The van der Waals surface area contributed by atoms with Crippen molar-refractivity contribution in [3.8, 4) is 0 Å². The summed E-state index contributed by atoms with van der Waals surface area (Å²) < 4.78 is 24.3. The maximum Gasteiger partial charge on any atom is 0.197 e. The van der Waals surface area contributed by atoms with Gasteiger partial charge in [0.15, 0.2) is 5.79 Å². The number of ether oxygens (including phenoxy) is 4. The van der Waals surface area contributed by atoms with Gasteiger partial charge in [0, 0.05) is 32.1 Å². The number of rotatable bonds is 15. The molecule has 0 spiro atoms. The van der Waals surface area contributed by atoms with Gasteiger partial charge in [-0.25, -0.2) is 0 Å². The van der Waals surface area contributed by atoms with Crippen LogP contribution in [0.15, 0.2) is 85.5 Å². The topological polar surface area (TPSA) is 57.2 Å². The molecule has 0 aromatic heterocycles. The largest absolute Gasteiger partial charge is 0.394 e. The summed E-state index contributed by atoms with van der Waals surface area (Å²) in [7, 11) is 1.68. The van der Waals surface area contributed by atoms with Crippen LogP contribution >= 0.6 is 0 Å². The summed E-state index contributed by atoms with van der Waals surface area (Å²) in [6, 6.07) is 25.5. The highest BCUT2D eigenvalue weighted by Gasteiger charge is 2.44. The molecule has 1 N–H and O–H groups in total. The van der Waals surface area contributed by atoms with Crippen LogP contribution in [0.5, 0.6) is 0 Å². The smallest absolute Gasteiger partial charge is 0.197 e. The molecule has 0 saturated carbocycles. The van der Waals surface area contributed by atoms with Crippen molar-refractivity contribution in [2.24, 2.45) is 0 Å². The molecule has 5 heteroatoms. The minimum atomic E-state index is -0.977. The predicted molar refractivity (Wildman–Crippen MR) is 159 cm³/mol. The quantitative estimate of drug-likeness (QED) is 0.171. The Balaban J connectivity index is 1.43. The van der Waals surface area contributed by atoms with Gasteiger partial charge < -0.3 is 24.1 Å². The molecule has 0 radical (unpaired) electrons. The molecule has 0 amide bonds. The van der Waals surface area contributed by atoms with E-state index in [1.54, 1.807) is 13.2 Å². The van der Waals surface area contributed by atoms with E-state index in [1.165, 1.54) is 22.3 Å². The zero-order chi connectivity index (χ0) is 28.2. The van der Waals surface area contributed by atoms with Crippen LogP contribution in [0.3, 0.4) is 0 Å². The molecule has 5 nitrogen and oxygen atoms in total. The Morgan fingerprint density at radius 2 is 1.77 bits per heavy atom. The number of methoxy groups -OCH3 is 1. The molecule has 3 aromatic rings. The molecule has 0 bridgehead atoms. The molecule has 3 atom stereocenters. The molecule has 4 rings (SSSR count). The van der Waals surface area contributed by atoms with Crippen molar-refractivity contribution in [1.29, 1.82) is 0 Å². The van der Waals surface area contributed by atoms with Gasteiger partial charge in [-0.1, -0.05) is 72.8 Å². The second kappa shape index (κ2) is 15.3. The molecule has 1 saturated heterocycles. The van der Waals surface area contributed by atoms with E-state index in [4.69, 9.17) is 18.9 Å². The first-order chi connectivity index (χ1) is 19.5. The third-order valence-corrected chi connectivity index (χ3v) is 7.69. The number of aryl methyl sites for hydroxylation is 2. The Hall–Kier alpha value is -2.80. The Morgan fingerprint density at radius 1 is 1.00 bits per heavy atom. The zero-order valence-electron chi connectivity index (χ0n) is 24.0. The maximum atomic E-state index is 10.0. The van der Waals surface area contributed by atoms with Crippen molar-refractivity contribution in [3.63, 3.8) is 0 Å².